The predicted octanol–water partition coefficient (Wildman–Crippen LogP) is 11.9. The molecule has 0 unspecified atom stereocenters. The minimum absolute atomic E-state index is 0.419. The molecule has 0 aliphatic heterocycles. The van der Waals surface area contributed by atoms with E-state index in [4.69, 9.17) is 16.3 Å². The van der Waals surface area contributed by atoms with Gasteiger partial charge in [0.25, 0.3) is 0 Å². The van der Waals surface area contributed by atoms with Gasteiger partial charge in [-0.2, -0.15) is 0 Å². The Hall–Kier alpha value is -3.36. The highest BCUT2D eigenvalue weighted by Gasteiger charge is 2.13. The normalized spacial score (nSPS) is 11.0. The van der Waals surface area contributed by atoms with Gasteiger partial charge in [-0.3, -0.25) is 0 Å². The molecule has 4 rings (SSSR count). The van der Waals surface area contributed by atoms with Gasteiger partial charge in [0, 0.05) is 10.6 Å². The van der Waals surface area contributed by atoms with Crippen LogP contribution in [0.15, 0.2) is 91.0 Å². The lowest BCUT2D eigenvalue weighted by Crippen LogP contribution is -2.08. The molecule has 0 bridgehead atoms. The minimum atomic E-state index is -0.419. The molecule has 2 nitrogen and oxygen atoms in total. The molecule has 42 heavy (non-hydrogen) atoms. The van der Waals surface area contributed by atoms with Gasteiger partial charge in [-0.15, -0.1) is 0 Å². The lowest BCUT2D eigenvalue weighted by molar-refractivity contribution is 0.0735. The number of hydrogen-bond acceptors (Lipinski definition) is 2. The van der Waals surface area contributed by atoms with Crippen LogP contribution in [0, 0.1) is 0 Å². The van der Waals surface area contributed by atoms with Crippen LogP contribution in [0.1, 0.15) is 99.5 Å². The van der Waals surface area contributed by atoms with Gasteiger partial charge in [0.2, 0.25) is 0 Å². The Labute approximate surface area is 258 Å². The van der Waals surface area contributed by atoms with Crippen LogP contribution in [0.4, 0.5) is 0 Å². The number of rotatable bonds is 16. The maximum Gasteiger partial charge on any atom is 0.343 e. The summed E-state index contributed by atoms with van der Waals surface area (Å²) in [4.78, 5) is 12.9. The van der Waals surface area contributed by atoms with Gasteiger partial charge in [0.15, 0.2) is 0 Å². The first-order valence-corrected chi connectivity index (χ1v) is 16.3. The highest BCUT2D eigenvalue weighted by atomic mass is 35.5. The van der Waals surface area contributed by atoms with Crippen LogP contribution in [0.2, 0.25) is 5.02 Å². The maximum atomic E-state index is 12.9. The smallest absolute Gasteiger partial charge is 0.343 e. The third-order valence-corrected chi connectivity index (χ3v) is 8.27. The Morgan fingerprint density at radius 1 is 0.571 bits per heavy atom. The van der Waals surface area contributed by atoms with Crippen LogP contribution in [-0.2, 0) is 12.8 Å². The fraction of sp³-hybridized carbons (Fsp3) is 0.359. The topological polar surface area (TPSA) is 26.3 Å². The number of aryl methyl sites for hydroxylation is 2. The molecule has 3 heteroatoms. The molecule has 4 aromatic carbocycles. The van der Waals surface area contributed by atoms with Crippen LogP contribution in [0.5, 0.6) is 5.75 Å². The van der Waals surface area contributed by atoms with E-state index in [0.29, 0.717) is 16.3 Å². The lowest BCUT2D eigenvalue weighted by Gasteiger charge is -2.10. The van der Waals surface area contributed by atoms with Crippen molar-refractivity contribution in [2.75, 3.05) is 0 Å². The number of hydrogen-bond donors (Lipinski definition) is 0. The minimum Gasteiger partial charge on any atom is -0.423 e. The molecule has 0 heterocycles. The summed E-state index contributed by atoms with van der Waals surface area (Å²) in [5.41, 5.74) is 7.38. The predicted molar refractivity (Wildman–Crippen MR) is 179 cm³/mol. The van der Waals surface area contributed by atoms with E-state index in [0.717, 1.165) is 35.1 Å². The van der Waals surface area contributed by atoms with Gasteiger partial charge in [0.05, 0.1) is 5.56 Å². The summed E-state index contributed by atoms with van der Waals surface area (Å²) in [5.74, 6) is 0.0934. The van der Waals surface area contributed by atoms with Crippen molar-refractivity contribution in [3.05, 3.63) is 113 Å². The first-order chi connectivity index (χ1) is 20.6. The van der Waals surface area contributed by atoms with Crippen LogP contribution in [0.3, 0.4) is 0 Å². The van der Waals surface area contributed by atoms with E-state index in [1.54, 1.807) is 12.1 Å². The third kappa shape index (κ3) is 9.60. The molecule has 220 valence electrons. The van der Waals surface area contributed by atoms with Crippen molar-refractivity contribution in [1.29, 1.82) is 0 Å². The number of halogens is 1. The van der Waals surface area contributed by atoms with Crippen LogP contribution in [-0.4, -0.2) is 5.97 Å². The maximum absolute atomic E-state index is 12.9. The van der Waals surface area contributed by atoms with Gasteiger partial charge in [-0.25, -0.2) is 4.79 Å². The number of benzene rings is 4. The summed E-state index contributed by atoms with van der Waals surface area (Å²) < 4.78 is 5.66. The summed E-state index contributed by atoms with van der Waals surface area (Å²) in [6.07, 6.45) is 15.2. The summed E-state index contributed by atoms with van der Waals surface area (Å²) in [7, 11) is 0. The summed E-state index contributed by atoms with van der Waals surface area (Å²) in [5, 5.41) is 0.537. The van der Waals surface area contributed by atoms with E-state index in [2.05, 4.69) is 62.4 Å². The van der Waals surface area contributed by atoms with Crippen molar-refractivity contribution in [1.82, 2.24) is 0 Å². The molecule has 0 aliphatic rings. The fourth-order valence-corrected chi connectivity index (χ4v) is 5.63. The molecule has 0 spiro atoms. The van der Waals surface area contributed by atoms with Crippen LogP contribution in [0.25, 0.3) is 22.3 Å². The molecule has 0 saturated heterocycles. The standard InChI is InChI=1S/C39H45ClO2/c1-3-5-7-9-10-12-14-30-15-19-32(20-16-30)33-23-26-36(27-24-33)42-39(41)35-25-28-37(38(40)29-35)34-21-17-31(18-22-34)13-11-8-6-4-2/h15-29H,3-14H2,1-2H3. The zero-order valence-corrected chi connectivity index (χ0v) is 26.1. The largest absolute Gasteiger partial charge is 0.423 e. The van der Waals surface area contributed by atoms with Crippen LogP contribution < -0.4 is 4.74 Å². The van der Waals surface area contributed by atoms with E-state index >= 15 is 0 Å². The molecule has 0 saturated carbocycles. The zero-order valence-electron chi connectivity index (χ0n) is 25.3. The molecule has 0 aromatic heterocycles. The van der Waals surface area contributed by atoms with Crippen molar-refractivity contribution in [3.63, 3.8) is 0 Å². The Balaban J connectivity index is 1.29. The number of ether oxygens (including phenoxy) is 1. The van der Waals surface area contributed by atoms with Crippen molar-refractivity contribution in [2.45, 2.75) is 90.9 Å². The zero-order chi connectivity index (χ0) is 29.6. The second-order valence-corrected chi connectivity index (χ2v) is 11.7. The first kappa shape index (κ1) is 31.6. The van der Waals surface area contributed by atoms with E-state index in [1.165, 1.54) is 75.3 Å². The monoisotopic (exact) mass is 580 g/mol. The van der Waals surface area contributed by atoms with E-state index < -0.39 is 5.97 Å². The fourth-order valence-electron chi connectivity index (χ4n) is 5.34. The summed E-state index contributed by atoms with van der Waals surface area (Å²) in [6.45, 7) is 4.49. The molecule has 4 aromatic rings. The quantitative estimate of drug-likeness (QED) is 0.0748. The second-order valence-electron chi connectivity index (χ2n) is 11.3. The second kappa shape index (κ2) is 16.9. The van der Waals surface area contributed by atoms with E-state index in [1.807, 2.05) is 30.3 Å². The number of carbonyl (C=O) groups excluding carboxylic acids is 1. The molecule has 0 aliphatic carbocycles. The van der Waals surface area contributed by atoms with E-state index in [-0.39, 0.29) is 0 Å². The molecule has 0 atom stereocenters. The van der Waals surface area contributed by atoms with Gasteiger partial charge in [-0.1, -0.05) is 144 Å². The Morgan fingerprint density at radius 2 is 1.05 bits per heavy atom. The van der Waals surface area contributed by atoms with Crippen molar-refractivity contribution >= 4 is 17.6 Å². The van der Waals surface area contributed by atoms with Gasteiger partial charge in [0.1, 0.15) is 5.75 Å². The SMILES string of the molecule is CCCCCCCCc1ccc(-c2ccc(OC(=O)c3ccc(-c4ccc(CCCCCC)cc4)c(Cl)c3)cc2)cc1. The third-order valence-electron chi connectivity index (χ3n) is 7.96. The average Bonchev–Trinajstić information content (AvgIpc) is 3.02. The molecule has 0 amide bonds. The average molecular weight is 581 g/mol. The Bertz CT molecular complexity index is 1370. The summed E-state index contributed by atoms with van der Waals surface area (Å²) in [6, 6.07) is 30.4. The molecule has 0 radical (unpaired) electrons. The molecule has 0 fully saturated rings. The Morgan fingerprint density at radius 3 is 1.60 bits per heavy atom. The molecular weight excluding hydrogens is 536 g/mol. The number of unbranched alkanes of at least 4 members (excludes halogenated alkanes) is 8. The molecule has 0 N–H and O–H groups in total. The summed E-state index contributed by atoms with van der Waals surface area (Å²) >= 11 is 6.61. The molecular formula is C39H45ClO2. The van der Waals surface area contributed by atoms with Crippen molar-refractivity contribution in [2.24, 2.45) is 0 Å². The first-order valence-electron chi connectivity index (χ1n) is 15.9. The number of esters is 1. The highest BCUT2D eigenvalue weighted by Crippen LogP contribution is 2.30. The van der Waals surface area contributed by atoms with Crippen molar-refractivity contribution < 1.29 is 9.53 Å². The number of carbonyl (C=O) groups is 1. The lowest BCUT2D eigenvalue weighted by atomic mass is 10.00. The van der Waals surface area contributed by atoms with Gasteiger partial charge < -0.3 is 4.74 Å². The van der Waals surface area contributed by atoms with Gasteiger partial charge >= 0.3 is 5.97 Å². The van der Waals surface area contributed by atoms with E-state index in [9.17, 15) is 4.79 Å². The highest BCUT2D eigenvalue weighted by molar-refractivity contribution is 6.33. The van der Waals surface area contributed by atoms with Gasteiger partial charge in [-0.05, 0) is 77.8 Å². The Kier molecular flexibility index (Phi) is 12.7. The van der Waals surface area contributed by atoms with Crippen molar-refractivity contribution in [3.8, 4) is 28.0 Å². The van der Waals surface area contributed by atoms with Crippen LogP contribution >= 0.6 is 11.6 Å².